The van der Waals surface area contributed by atoms with Crippen molar-refractivity contribution in [3.8, 4) is 0 Å². The van der Waals surface area contributed by atoms with Crippen LogP contribution in [0.4, 0.5) is 11.4 Å². The standard InChI is InChI=1S/C30H27N3O3S2/c1-20-13-15-23(16-14-20)31-28(34)21(2)38-26-11-6-10-24(18-26)32-30(36)27(19-25-12-7-17-37-25)33-29(35)22-8-4-3-5-9-22/h3-19,21H,1-2H3,(H,31,34)(H,32,36)(H,33,35)/b27-19-. The van der Waals surface area contributed by atoms with Crippen molar-refractivity contribution >= 4 is 58.3 Å². The van der Waals surface area contributed by atoms with Gasteiger partial charge in [-0.2, -0.15) is 0 Å². The molecule has 1 heterocycles. The van der Waals surface area contributed by atoms with Crippen molar-refractivity contribution in [3.63, 3.8) is 0 Å². The van der Waals surface area contributed by atoms with Crippen LogP contribution in [0.25, 0.3) is 6.08 Å². The van der Waals surface area contributed by atoms with Crippen LogP contribution >= 0.6 is 23.1 Å². The number of hydrogen-bond donors (Lipinski definition) is 3. The molecule has 6 nitrogen and oxygen atoms in total. The lowest BCUT2D eigenvalue weighted by atomic mass is 10.2. The molecule has 4 rings (SSSR count). The molecular formula is C30H27N3O3S2. The minimum atomic E-state index is -0.449. The second kappa shape index (κ2) is 12.9. The lowest BCUT2D eigenvalue weighted by Gasteiger charge is -2.14. The van der Waals surface area contributed by atoms with Crippen LogP contribution in [0, 0.1) is 6.92 Å². The highest BCUT2D eigenvalue weighted by molar-refractivity contribution is 8.00. The molecule has 1 atom stereocenters. The first kappa shape index (κ1) is 26.9. The number of amides is 3. The van der Waals surface area contributed by atoms with Crippen LogP contribution in [-0.2, 0) is 9.59 Å². The fourth-order valence-electron chi connectivity index (χ4n) is 3.44. The quantitative estimate of drug-likeness (QED) is 0.165. The summed E-state index contributed by atoms with van der Waals surface area (Å²) in [4.78, 5) is 40.3. The van der Waals surface area contributed by atoms with E-state index in [9.17, 15) is 14.4 Å². The van der Waals surface area contributed by atoms with E-state index in [4.69, 9.17) is 0 Å². The lowest BCUT2D eigenvalue weighted by molar-refractivity contribution is -0.115. The zero-order valence-electron chi connectivity index (χ0n) is 20.9. The van der Waals surface area contributed by atoms with Crippen molar-refractivity contribution in [2.24, 2.45) is 0 Å². The number of carbonyl (C=O) groups is 3. The molecule has 0 fully saturated rings. The predicted octanol–water partition coefficient (Wildman–Crippen LogP) is 6.59. The van der Waals surface area contributed by atoms with Gasteiger partial charge in [0.2, 0.25) is 5.91 Å². The van der Waals surface area contributed by atoms with Crippen molar-refractivity contribution in [2.45, 2.75) is 24.0 Å². The molecule has 0 aliphatic carbocycles. The van der Waals surface area contributed by atoms with Crippen LogP contribution in [-0.4, -0.2) is 23.0 Å². The molecule has 0 saturated heterocycles. The molecule has 1 aromatic heterocycles. The number of thiophene rings is 1. The SMILES string of the molecule is Cc1ccc(NC(=O)C(C)Sc2cccc(NC(=O)/C(=C/c3cccs3)NC(=O)c3ccccc3)c2)cc1. The summed E-state index contributed by atoms with van der Waals surface area (Å²) < 4.78 is 0. The third kappa shape index (κ3) is 7.68. The Hall–Kier alpha value is -4.14. The minimum absolute atomic E-state index is 0.113. The van der Waals surface area contributed by atoms with E-state index in [1.54, 1.807) is 42.5 Å². The summed E-state index contributed by atoms with van der Waals surface area (Å²) in [5, 5.41) is 10.1. The first-order valence-corrected chi connectivity index (χ1v) is 13.7. The monoisotopic (exact) mass is 541 g/mol. The van der Waals surface area contributed by atoms with Crippen LogP contribution in [0.5, 0.6) is 0 Å². The lowest BCUT2D eigenvalue weighted by Crippen LogP contribution is -2.30. The molecule has 0 aliphatic heterocycles. The number of aryl methyl sites for hydroxylation is 1. The Morgan fingerprint density at radius 2 is 1.61 bits per heavy atom. The molecule has 0 aliphatic rings. The molecule has 3 amide bonds. The highest BCUT2D eigenvalue weighted by Crippen LogP contribution is 2.27. The average molecular weight is 542 g/mol. The Labute approximate surface area is 230 Å². The maximum absolute atomic E-state index is 13.2. The van der Waals surface area contributed by atoms with E-state index in [0.717, 1.165) is 21.0 Å². The Balaban J connectivity index is 1.44. The molecule has 3 N–H and O–H groups in total. The molecule has 1 unspecified atom stereocenters. The number of anilines is 2. The fraction of sp³-hybridized carbons (Fsp3) is 0.100. The number of hydrogen-bond acceptors (Lipinski definition) is 5. The second-order valence-electron chi connectivity index (χ2n) is 8.49. The van der Waals surface area contributed by atoms with Crippen molar-refractivity contribution < 1.29 is 14.4 Å². The first-order valence-electron chi connectivity index (χ1n) is 11.9. The van der Waals surface area contributed by atoms with Crippen LogP contribution < -0.4 is 16.0 Å². The highest BCUT2D eigenvalue weighted by atomic mass is 32.2. The van der Waals surface area contributed by atoms with Crippen molar-refractivity contribution in [1.82, 2.24) is 5.32 Å². The summed E-state index contributed by atoms with van der Waals surface area (Å²) in [7, 11) is 0. The molecule has 192 valence electrons. The summed E-state index contributed by atoms with van der Waals surface area (Å²) in [6.07, 6.45) is 1.65. The van der Waals surface area contributed by atoms with Gasteiger partial charge >= 0.3 is 0 Å². The van der Waals surface area contributed by atoms with Crippen LogP contribution in [0.1, 0.15) is 27.7 Å². The van der Waals surface area contributed by atoms with E-state index in [0.29, 0.717) is 11.3 Å². The Bertz CT molecular complexity index is 1430. The van der Waals surface area contributed by atoms with E-state index < -0.39 is 5.91 Å². The third-order valence-electron chi connectivity index (χ3n) is 5.45. The number of rotatable bonds is 9. The van der Waals surface area contributed by atoms with Crippen LogP contribution in [0.3, 0.4) is 0 Å². The van der Waals surface area contributed by atoms with Gasteiger partial charge in [0.25, 0.3) is 11.8 Å². The third-order valence-corrected chi connectivity index (χ3v) is 7.36. The zero-order valence-corrected chi connectivity index (χ0v) is 22.6. The van der Waals surface area contributed by atoms with Gasteiger partial charge in [0.05, 0.1) is 5.25 Å². The smallest absolute Gasteiger partial charge is 0.272 e. The largest absolute Gasteiger partial charge is 0.325 e. The Morgan fingerprint density at radius 3 is 2.32 bits per heavy atom. The van der Waals surface area contributed by atoms with Gasteiger partial charge < -0.3 is 16.0 Å². The maximum atomic E-state index is 13.2. The second-order valence-corrected chi connectivity index (χ2v) is 10.9. The van der Waals surface area contributed by atoms with Crippen molar-refractivity contribution in [1.29, 1.82) is 0 Å². The van der Waals surface area contributed by atoms with Crippen molar-refractivity contribution in [3.05, 3.63) is 118 Å². The van der Waals surface area contributed by atoms with Gasteiger partial charge in [-0.25, -0.2) is 0 Å². The summed E-state index contributed by atoms with van der Waals surface area (Å²) in [6.45, 7) is 3.83. The molecule has 4 aromatic rings. The average Bonchev–Trinajstić information content (AvgIpc) is 3.43. The van der Waals surface area contributed by atoms with Crippen LogP contribution in [0.15, 0.2) is 107 Å². The molecule has 38 heavy (non-hydrogen) atoms. The summed E-state index contributed by atoms with van der Waals surface area (Å²) in [5.41, 5.74) is 3.00. The fourth-order valence-corrected chi connectivity index (χ4v) is 5.03. The van der Waals surface area contributed by atoms with Crippen LogP contribution in [0.2, 0.25) is 0 Å². The highest BCUT2D eigenvalue weighted by Gasteiger charge is 2.17. The summed E-state index contributed by atoms with van der Waals surface area (Å²) in [5.74, 6) is -0.936. The summed E-state index contributed by atoms with van der Waals surface area (Å²) in [6, 6.07) is 27.4. The molecule has 0 bridgehead atoms. The topological polar surface area (TPSA) is 87.3 Å². The van der Waals surface area contributed by atoms with E-state index in [2.05, 4.69) is 16.0 Å². The van der Waals surface area contributed by atoms with E-state index >= 15 is 0 Å². The van der Waals surface area contributed by atoms with Gasteiger partial charge in [-0.3, -0.25) is 14.4 Å². The van der Waals surface area contributed by atoms with Gasteiger partial charge in [0.1, 0.15) is 5.70 Å². The molecule has 0 saturated carbocycles. The summed E-state index contributed by atoms with van der Waals surface area (Å²) >= 11 is 2.85. The molecule has 0 radical (unpaired) electrons. The van der Waals surface area contributed by atoms with Gasteiger partial charge in [-0.05, 0) is 73.8 Å². The van der Waals surface area contributed by atoms with Gasteiger partial charge in [-0.15, -0.1) is 23.1 Å². The van der Waals surface area contributed by atoms with Gasteiger partial charge in [0.15, 0.2) is 0 Å². The maximum Gasteiger partial charge on any atom is 0.272 e. The first-order chi connectivity index (χ1) is 18.4. The van der Waals surface area contributed by atoms with E-state index in [1.807, 2.05) is 73.8 Å². The van der Waals surface area contributed by atoms with E-state index in [-0.39, 0.29) is 22.8 Å². The number of nitrogens with one attached hydrogen (secondary N) is 3. The normalized spacial score (nSPS) is 11.9. The molecular weight excluding hydrogens is 514 g/mol. The molecule has 3 aromatic carbocycles. The van der Waals surface area contributed by atoms with Gasteiger partial charge in [-0.1, -0.05) is 48.0 Å². The Kier molecular flexibility index (Phi) is 9.13. The van der Waals surface area contributed by atoms with Crippen molar-refractivity contribution in [2.75, 3.05) is 10.6 Å². The predicted molar refractivity (Wildman–Crippen MR) is 156 cm³/mol. The van der Waals surface area contributed by atoms with E-state index in [1.165, 1.54) is 23.1 Å². The molecule has 0 spiro atoms. The number of benzene rings is 3. The minimum Gasteiger partial charge on any atom is -0.325 e. The zero-order chi connectivity index (χ0) is 26.9. The number of carbonyl (C=O) groups excluding carboxylic acids is 3. The molecule has 8 heteroatoms. The Morgan fingerprint density at radius 1 is 0.842 bits per heavy atom. The number of thioether (sulfide) groups is 1. The van der Waals surface area contributed by atoms with Gasteiger partial charge in [0, 0.05) is 26.7 Å².